The molecule has 4 N–H and O–H groups in total. The van der Waals surface area contributed by atoms with Crippen LogP contribution in [0.4, 0.5) is 0 Å². The van der Waals surface area contributed by atoms with E-state index in [4.69, 9.17) is 9.84 Å². The number of ether oxygens (including phenoxy) is 1. The molecule has 15 heavy (non-hydrogen) atoms. The summed E-state index contributed by atoms with van der Waals surface area (Å²) in [6.07, 6.45) is 5.04. The minimum atomic E-state index is -1.06. The van der Waals surface area contributed by atoms with E-state index in [2.05, 4.69) is 5.73 Å². The van der Waals surface area contributed by atoms with Gasteiger partial charge in [0.1, 0.15) is 12.5 Å². The predicted molar refractivity (Wildman–Crippen MR) is 51.9 cm³/mol. The number of carboxylic acids is 1. The number of esters is 1. The molecule has 0 heterocycles. The van der Waals surface area contributed by atoms with Crippen molar-refractivity contribution in [1.29, 1.82) is 0 Å². The van der Waals surface area contributed by atoms with Gasteiger partial charge in [0.2, 0.25) is 0 Å². The molecule has 86 valence electrons. The van der Waals surface area contributed by atoms with E-state index in [1.54, 1.807) is 0 Å². The third-order valence-electron chi connectivity index (χ3n) is 2.61. The first kappa shape index (κ1) is 12.0. The first-order valence-corrected chi connectivity index (χ1v) is 5.35. The summed E-state index contributed by atoms with van der Waals surface area (Å²) in [4.78, 5) is 21.8. The average Bonchev–Trinajstić information content (AvgIpc) is 2.18. The molecule has 1 atom stereocenters. The van der Waals surface area contributed by atoms with E-state index in [1.165, 1.54) is 6.42 Å². The summed E-state index contributed by atoms with van der Waals surface area (Å²) in [7, 11) is 0. The van der Waals surface area contributed by atoms with Gasteiger partial charge >= 0.3 is 11.9 Å². The number of rotatable bonds is 4. The predicted octanol–water partition coefficient (Wildman–Crippen LogP) is -0.0525. The molecule has 0 radical (unpaired) electrons. The van der Waals surface area contributed by atoms with E-state index >= 15 is 0 Å². The van der Waals surface area contributed by atoms with Crippen molar-refractivity contribution in [2.24, 2.45) is 0 Å². The highest BCUT2D eigenvalue weighted by molar-refractivity contribution is 5.80. The van der Waals surface area contributed by atoms with E-state index in [0.717, 1.165) is 25.7 Å². The van der Waals surface area contributed by atoms with E-state index < -0.39 is 18.0 Å². The first-order chi connectivity index (χ1) is 7.09. The second kappa shape index (κ2) is 5.70. The Bertz CT molecular complexity index is 236. The van der Waals surface area contributed by atoms with Crippen molar-refractivity contribution in [2.45, 2.75) is 50.7 Å². The molecule has 1 aliphatic carbocycles. The standard InChI is InChI=1S/C10H17NO4/c11-8(10(13)14)6-9(12)15-7-4-2-1-3-5-7/h7-8H,1-6,11H2,(H,13,14)/p+1. The molecule has 5 heteroatoms. The Hall–Kier alpha value is -1.10. The van der Waals surface area contributed by atoms with Gasteiger partial charge in [-0.05, 0) is 25.7 Å². The molecule has 5 nitrogen and oxygen atoms in total. The van der Waals surface area contributed by atoms with Crippen molar-refractivity contribution in [3.8, 4) is 0 Å². The molecule has 1 rings (SSSR count). The highest BCUT2D eigenvalue weighted by atomic mass is 16.5. The molecule has 1 unspecified atom stereocenters. The van der Waals surface area contributed by atoms with Crippen LogP contribution < -0.4 is 5.73 Å². The van der Waals surface area contributed by atoms with Gasteiger partial charge in [-0.3, -0.25) is 4.79 Å². The Balaban J connectivity index is 2.25. The fourth-order valence-corrected chi connectivity index (χ4v) is 1.71. The molecule has 0 spiro atoms. The van der Waals surface area contributed by atoms with Gasteiger partial charge in [-0.25, -0.2) is 4.79 Å². The Morgan fingerprint density at radius 2 is 1.93 bits per heavy atom. The van der Waals surface area contributed by atoms with Gasteiger partial charge < -0.3 is 15.6 Å². The fraction of sp³-hybridized carbons (Fsp3) is 0.800. The molecule has 0 aliphatic heterocycles. The Kier molecular flexibility index (Phi) is 4.55. The second-order valence-electron chi connectivity index (χ2n) is 3.99. The summed E-state index contributed by atoms with van der Waals surface area (Å²) >= 11 is 0. The lowest BCUT2D eigenvalue weighted by Crippen LogP contribution is -2.65. The third-order valence-corrected chi connectivity index (χ3v) is 2.61. The maximum absolute atomic E-state index is 11.3. The van der Waals surface area contributed by atoms with Crippen molar-refractivity contribution >= 4 is 11.9 Å². The monoisotopic (exact) mass is 216 g/mol. The minimum absolute atomic E-state index is 0.00718. The number of carbonyl (C=O) groups excluding carboxylic acids is 1. The molecule has 0 amide bonds. The third kappa shape index (κ3) is 4.29. The van der Waals surface area contributed by atoms with Gasteiger partial charge in [-0.2, -0.15) is 0 Å². The summed E-state index contributed by atoms with van der Waals surface area (Å²) in [5.74, 6) is -1.50. The lowest BCUT2D eigenvalue weighted by molar-refractivity contribution is -0.407. The highest BCUT2D eigenvalue weighted by Crippen LogP contribution is 2.20. The first-order valence-electron chi connectivity index (χ1n) is 5.35. The topological polar surface area (TPSA) is 91.2 Å². The molecule has 0 aromatic carbocycles. The quantitative estimate of drug-likeness (QED) is 0.644. The maximum Gasteiger partial charge on any atom is 0.362 e. The highest BCUT2D eigenvalue weighted by Gasteiger charge is 2.24. The molecule has 0 bridgehead atoms. The summed E-state index contributed by atoms with van der Waals surface area (Å²) in [5, 5.41) is 8.57. The smallest absolute Gasteiger partial charge is 0.362 e. The largest absolute Gasteiger partial charge is 0.477 e. The van der Waals surface area contributed by atoms with Crippen LogP contribution in [-0.4, -0.2) is 29.2 Å². The molecule has 1 aliphatic rings. The van der Waals surface area contributed by atoms with E-state index in [9.17, 15) is 9.59 Å². The summed E-state index contributed by atoms with van der Waals surface area (Å²) in [5.41, 5.74) is 3.37. The summed E-state index contributed by atoms with van der Waals surface area (Å²) in [6.45, 7) is 0. The van der Waals surface area contributed by atoms with Crippen LogP contribution in [0.25, 0.3) is 0 Å². The van der Waals surface area contributed by atoms with Gasteiger partial charge in [0.05, 0.1) is 0 Å². The number of carboxylic acid groups (broad SMARTS) is 1. The van der Waals surface area contributed by atoms with Crippen LogP contribution in [0.15, 0.2) is 0 Å². The Morgan fingerprint density at radius 1 is 1.33 bits per heavy atom. The Morgan fingerprint density at radius 3 is 2.47 bits per heavy atom. The van der Waals surface area contributed by atoms with Crippen LogP contribution in [0, 0.1) is 0 Å². The van der Waals surface area contributed by atoms with Gasteiger partial charge in [0.25, 0.3) is 0 Å². The van der Waals surface area contributed by atoms with Crippen LogP contribution in [0.2, 0.25) is 0 Å². The molecular formula is C10H18NO4+. The van der Waals surface area contributed by atoms with Crippen molar-refractivity contribution in [2.75, 3.05) is 0 Å². The number of hydrogen-bond donors (Lipinski definition) is 2. The lowest BCUT2D eigenvalue weighted by atomic mass is 9.98. The van der Waals surface area contributed by atoms with Crippen molar-refractivity contribution < 1.29 is 25.2 Å². The van der Waals surface area contributed by atoms with Crippen LogP contribution in [0.5, 0.6) is 0 Å². The van der Waals surface area contributed by atoms with Crippen LogP contribution in [0.3, 0.4) is 0 Å². The zero-order valence-electron chi connectivity index (χ0n) is 8.78. The SMILES string of the molecule is [NH3+]C(CC(=O)OC1CCCCC1)C(=O)O. The fourth-order valence-electron chi connectivity index (χ4n) is 1.71. The Labute approximate surface area is 88.6 Å². The lowest BCUT2D eigenvalue weighted by Gasteiger charge is -2.21. The molecule has 1 fully saturated rings. The second-order valence-corrected chi connectivity index (χ2v) is 3.99. The van der Waals surface area contributed by atoms with Gasteiger partial charge in [-0.15, -0.1) is 0 Å². The van der Waals surface area contributed by atoms with Crippen LogP contribution in [0.1, 0.15) is 38.5 Å². The normalized spacial score (nSPS) is 19.5. The van der Waals surface area contributed by atoms with Crippen molar-refractivity contribution in [3.05, 3.63) is 0 Å². The number of hydrogen-bond acceptors (Lipinski definition) is 3. The van der Waals surface area contributed by atoms with E-state index in [-0.39, 0.29) is 12.5 Å². The van der Waals surface area contributed by atoms with E-state index in [1.807, 2.05) is 0 Å². The van der Waals surface area contributed by atoms with Crippen LogP contribution in [-0.2, 0) is 14.3 Å². The number of carbonyl (C=O) groups is 2. The number of aliphatic carboxylic acids is 1. The van der Waals surface area contributed by atoms with Crippen molar-refractivity contribution in [3.63, 3.8) is 0 Å². The molecule has 0 aromatic rings. The van der Waals surface area contributed by atoms with Crippen molar-refractivity contribution in [1.82, 2.24) is 0 Å². The molecule has 0 aromatic heterocycles. The average molecular weight is 216 g/mol. The molecule has 1 saturated carbocycles. The van der Waals surface area contributed by atoms with Gasteiger partial charge in [-0.1, -0.05) is 6.42 Å². The zero-order chi connectivity index (χ0) is 11.3. The number of quaternary nitrogens is 1. The van der Waals surface area contributed by atoms with Gasteiger partial charge in [0, 0.05) is 0 Å². The summed E-state index contributed by atoms with van der Waals surface area (Å²) < 4.78 is 5.17. The molecule has 0 saturated heterocycles. The molecular weight excluding hydrogens is 198 g/mol. The van der Waals surface area contributed by atoms with Gasteiger partial charge in [0.15, 0.2) is 6.04 Å². The van der Waals surface area contributed by atoms with Crippen LogP contribution >= 0.6 is 0 Å². The minimum Gasteiger partial charge on any atom is -0.477 e. The zero-order valence-corrected chi connectivity index (χ0v) is 8.78. The maximum atomic E-state index is 11.3. The summed E-state index contributed by atoms with van der Waals surface area (Å²) in [6, 6.07) is -0.902. The van der Waals surface area contributed by atoms with E-state index in [0.29, 0.717) is 0 Å².